The number of halogens is 1. The first kappa shape index (κ1) is 25.2. The molecule has 0 bridgehead atoms. The van der Waals surface area contributed by atoms with Gasteiger partial charge in [-0.2, -0.15) is 5.26 Å². The third-order valence-electron chi connectivity index (χ3n) is 6.50. The molecule has 0 amide bonds. The Morgan fingerprint density at radius 2 is 1.94 bits per heavy atom. The maximum atomic E-state index is 14.6. The van der Waals surface area contributed by atoms with Crippen LogP contribution in [0.15, 0.2) is 48.7 Å². The van der Waals surface area contributed by atoms with Gasteiger partial charge in [0, 0.05) is 23.7 Å². The summed E-state index contributed by atoms with van der Waals surface area (Å²) in [6, 6.07) is 14.9. The Hall–Kier alpha value is -3.92. The van der Waals surface area contributed by atoms with Crippen LogP contribution in [0.25, 0.3) is 11.1 Å². The minimum Gasteiger partial charge on any atom is -0.492 e. The number of hydrogen-bond acceptors (Lipinski definition) is 5. The number of rotatable bonds is 9. The van der Waals surface area contributed by atoms with E-state index in [2.05, 4.69) is 16.4 Å². The van der Waals surface area contributed by atoms with Gasteiger partial charge in [-0.05, 0) is 92.8 Å². The summed E-state index contributed by atoms with van der Waals surface area (Å²) in [5.74, 6) is -0.739. The molecule has 3 aromatic rings. The van der Waals surface area contributed by atoms with E-state index in [0.717, 1.165) is 33.6 Å². The van der Waals surface area contributed by atoms with Gasteiger partial charge in [-0.1, -0.05) is 6.07 Å². The van der Waals surface area contributed by atoms with E-state index >= 15 is 0 Å². The molecule has 1 aromatic heterocycles. The van der Waals surface area contributed by atoms with Crippen LogP contribution in [0.3, 0.4) is 0 Å². The minimum absolute atomic E-state index is 0.0215. The van der Waals surface area contributed by atoms with Crippen LogP contribution in [-0.4, -0.2) is 22.7 Å². The molecule has 0 saturated heterocycles. The fourth-order valence-electron chi connectivity index (χ4n) is 4.35. The van der Waals surface area contributed by atoms with Crippen molar-refractivity contribution in [1.29, 1.82) is 5.26 Å². The van der Waals surface area contributed by atoms with E-state index in [9.17, 15) is 14.4 Å². The molecule has 6 nitrogen and oxygen atoms in total. The number of hydrogen-bond donors (Lipinski definition) is 2. The predicted molar refractivity (Wildman–Crippen MR) is 136 cm³/mol. The van der Waals surface area contributed by atoms with E-state index in [-0.39, 0.29) is 24.2 Å². The number of anilines is 1. The molecule has 1 aliphatic rings. The second-order valence-electron chi connectivity index (χ2n) is 10.1. The molecule has 2 aromatic carbocycles. The Bertz CT molecular complexity index is 1310. The van der Waals surface area contributed by atoms with Gasteiger partial charge in [0.15, 0.2) is 0 Å². The molecule has 0 radical (unpaired) electrons. The molecule has 4 rings (SSSR count). The normalized spacial score (nSPS) is 16.8. The van der Waals surface area contributed by atoms with Crippen molar-refractivity contribution >= 4 is 11.7 Å². The van der Waals surface area contributed by atoms with Gasteiger partial charge in [-0.25, -0.2) is 4.39 Å². The molecule has 2 N–H and O–H groups in total. The second-order valence-corrected chi connectivity index (χ2v) is 10.1. The average Bonchev–Trinajstić information content (AvgIpc) is 3.64. The fraction of sp³-hybridized carbons (Fsp3) is 0.345. The predicted octanol–water partition coefficient (Wildman–Crippen LogP) is 6.23. The summed E-state index contributed by atoms with van der Waals surface area (Å²) < 4.78 is 20.5. The van der Waals surface area contributed by atoms with Crippen LogP contribution < -0.4 is 10.1 Å². The lowest BCUT2D eigenvalue weighted by Gasteiger charge is -2.19. The summed E-state index contributed by atoms with van der Waals surface area (Å²) in [5.41, 5.74) is 5.41. The Morgan fingerprint density at radius 3 is 2.53 bits per heavy atom. The number of carboxylic acid groups (broad SMARTS) is 1. The molecular formula is C29H30FN3O3. The number of nitrogens with one attached hydrogen (secondary N) is 1. The maximum Gasteiger partial charge on any atom is 0.307 e. The summed E-state index contributed by atoms with van der Waals surface area (Å²) in [4.78, 5) is 15.5. The van der Waals surface area contributed by atoms with Crippen LogP contribution in [-0.2, 0) is 11.3 Å². The largest absolute Gasteiger partial charge is 0.492 e. The fourth-order valence-corrected chi connectivity index (χ4v) is 4.35. The minimum atomic E-state index is -0.782. The zero-order chi connectivity index (χ0) is 26.0. The van der Waals surface area contributed by atoms with Gasteiger partial charge in [0.2, 0.25) is 0 Å². The number of carboxylic acids is 1. The van der Waals surface area contributed by atoms with E-state index in [1.165, 1.54) is 6.07 Å². The Kier molecular flexibility index (Phi) is 6.98. The topological polar surface area (TPSA) is 95.2 Å². The van der Waals surface area contributed by atoms with Gasteiger partial charge in [0.1, 0.15) is 18.2 Å². The van der Waals surface area contributed by atoms with Crippen molar-refractivity contribution in [2.45, 2.75) is 46.6 Å². The van der Waals surface area contributed by atoms with Crippen molar-refractivity contribution in [2.24, 2.45) is 11.3 Å². The van der Waals surface area contributed by atoms with Crippen LogP contribution in [0, 0.1) is 42.3 Å². The lowest BCUT2D eigenvalue weighted by Crippen LogP contribution is -2.19. The number of aryl methyl sites for hydroxylation is 2. The summed E-state index contributed by atoms with van der Waals surface area (Å²) >= 11 is 0. The molecule has 2 atom stereocenters. The first-order chi connectivity index (χ1) is 17.1. The molecule has 1 fully saturated rings. The molecule has 0 unspecified atom stereocenters. The monoisotopic (exact) mass is 487 g/mol. The van der Waals surface area contributed by atoms with Gasteiger partial charge < -0.3 is 15.2 Å². The SMILES string of the molecule is Cc1cc(OCC(C)(C)C#N)cc(C)c1-c1ccc(F)c(CNc2ccc([C@H]3C[C@@H]3C(=O)O)nc2)c1. The Morgan fingerprint density at radius 1 is 1.22 bits per heavy atom. The van der Waals surface area contributed by atoms with E-state index in [1.54, 1.807) is 12.3 Å². The summed E-state index contributed by atoms with van der Waals surface area (Å²) in [6.07, 6.45) is 2.28. The molecule has 1 aliphatic carbocycles. The summed E-state index contributed by atoms with van der Waals surface area (Å²) in [6.45, 7) is 8.24. The standard InChI is InChI=1S/C29H30FN3O3/c1-17-9-22(36-16-29(3,4)15-31)10-18(2)27(17)19-5-7-25(30)20(11-19)13-32-21-6-8-26(33-14-21)23-12-24(23)28(34)35/h5-11,14,23-24,32H,12-13,16H2,1-4H3,(H,34,35)/t23-,24-/m0/s1. The van der Waals surface area contributed by atoms with Crippen molar-refractivity contribution in [2.75, 3.05) is 11.9 Å². The Labute approximate surface area is 210 Å². The van der Waals surface area contributed by atoms with Crippen molar-refractivity contribution in [3.8, 4) is 22.9 Å². The average molecular weight is 488 g/mol. The maximum absolute atomic E-state index is 14.6. The Balaban J connectivity index is 1.47. The molecule has 0 spiro atoms. The molecule has 36 heavy (non-hydrogen) atoms. The van der Waals surface area contributed by atoms with Gasteiger partial charge in [-0.3, -0.25) is 9.78 Å². The molecule has 186 valence electrons. The first-order valence-corrected chi connectivity index (χ1v) is 11.9. The number of nitrogens with zero attached hydrogens (tertiary/aromatic N) is 2. The molecule has 1 saturated carbocycles. The third-order valence-corrected chi connectivity index (χ3v) is 6.50. The highest BCUT2D eigenvalue weighted by molar-refractivity contribution is 5.75. The summed E-state index contributed by atoms with van der Waals surface area (Å²) in [7, 11) is 0. The zero-order valence-electron chi connectivity index (χ0n) is 20.9. The van der Waals surface area contributed by atoms with Crippen LogP contribution in [0.5, 0.6) is 5.75 Å². The van der Waals surface area contributed by atoms with Gasteiger partial charge >= 0.3 is 5.97 Å². The van der Waals surface area contributed by atoms with Gasteiger partial charge in [0.25, 0.3) is 0 Å². The number of aliphatic carboxylic acids is 1. The van der Waals surface area contributed by atoms with E-state index in [1.807, 2.05) is 58.0 Å². The van der Waals surface area contributed by atoms with E-state index in [4.69, 9.17) is 9.84 Å². The number of nitriles is 1. The molecular weight excluding hydrogens is 457 g/mol. The van der Waals surface area contributed by atoms with Gasteiger partial charge in [-0.15, -0.1) is 0 Å². The molecule has 7 heteroatoms. The quantitative estimate of drug-likeness (QED) is 0.371. The first-order valence-electron chi connectivity index (χ1n) is 11.9. The highest BCUT2D eigenvalue weighted by atomic mass is 19.1. The van der Waals surface area contributed by atoms with Gasteiger partial charge in [0.05, 0.1) is 29.3 Å². The number of aromatic nitrogens is 1. The van der Waals surface area contributed by atoms with E-state index in [0.29, 0.717) is 24.3 Å². The van der Waals surface area contributed by atoms with Crippen LogP contribution in [0.1, 0.15) is 48.6 Å². The number of ether oxygens (including phenoxy) is 1. The lowest BCUT2D eigenvalue weighted by molar-refractivity contribution is -0.138. The molecule has 1 heterocycles. The number of carbonyl (C=O) groups is 1. The highest BCUT2D eigenvalue weighted by Gasteiger charge is 2.45. The lowest BCUT2D eigenvalue weighted by atomic mass is 9.94. The second kappa shape index (κ2) is 9.98. The smallest absolute Gasteiger partial charge is 0.307 e. The van der Waals surface area contributed by atoms with Crippen LogP contribution in [0.4, 0.5) is 10.1 Å². The van der Waals surface area contributed by atoms with Crippen LogP contribution in [0.2, 0.25) is 0 Å². The number of pyridine rings is 1. The van der Waals surface area contributed by atoms with Crippen molar-refractivity contribution < 1.29 is 19.0 Å². The third kappa shape index (κ3) is 5.65. The van der Waals surface area contributed by atoms with Crippen molar-refractivity contribution in [3.63, 3.8) is 0 Å². The zero-order valence-corrected chi connectivity index (χ0v) is 20.9. The van der Waals surface area contributed by atoms with Crippen LogP contribution >= 0.6 is 0 Å². The highest BCUT2D eigenvalue weighted by Crippen LogP contribution is 2.46. The van der Waals surface area contributed by atoms with Crippen molar-refractivity contribution in [1.82, 2.24) is 4.98 Å². The summed E-state index contributed by atoms with van der Waals surface area (Å²) in [5, 5.41) is 21.5. The van der Waals surface area contributed by atoms with E-state index < -0.39 is 11.4 Å². The van der Waals surface area contributed by atoms with Crippen molar-refractivity contribution in [3.05, 3.63) is 76.9 Å². The molecule has 0 aliphatic heterocycles. The number of benzene rings is 2.